The Morgan fingerprint density at radius 1 is 1.35 bits per heavy atom. The van der Waals surface area contributed by atoms with Gasteiger partial charge in [0.05, 0.1) is 17.2 Å². The summed E-state index contributed by atoms with van der Waals surface area (Å²) < 4.78 is 2.06. The largest absolute Gasteiger partial charge is 0.341 e. The summed E-state index contributed by atoms with van der Waals surface area (Å²) in [5.41, 5.74) is 1.89. The van der Waals surface area contributed by atoms with E-state index in [2.05, 4.69) is 25.0 Å². The van der Waals surface area contributed by atoms with Crippen molar-refractivity contribution >= 4 is 5.91 Å². The average Bonchev–Trinajstić information content (AvgIpc) is 3.26. The third-order valence-corrected chi connectivity index (χ3v) is 7.08. The molecule has 6 rings (SSSR count). The molecule has 1 N–H and O–H groups in total. The molecule has 7 nitrogen and oxygen atoms in total. The molecule has 0 aromatic carbocycles. The van der Waals surface area contributed by atoms with Crippen LogP contribution in [0.25, 0.3) is 0 Å². The van der Waals surface area contributed by atoms with Crippen molar-refractivity contribution in [1.82, 2.24) is 29.9 Å². The number of hydrogen-bond donors (Lipinski definition) is 1. The average molecular weight is 354 g/mol. The summed E-state index contributed by atoms with van der Waals surface area (Å²) in [6, 6.07) is 0. The van der Waals surface area contributed by atoms with Crippen LogP contribution in [0.15, 0.2) is 18.9 Å². The fourth-order valence-corrected chi connectivity index (χ4v) is 6.45. The number of amides is 1. The molecule has 0 radical (unpaired) electrons. The number of aromatic amines is 1. The lowest BCUT2D eigenvalue weighted by molar-refractivity contribution is -0.166. The van der Waals surface area contributed by atoms with Gasteiger partial charge in [-0.15, -0.1) is 0 Å². The molecule has 2 aromatic rings. The number of nitrogens with zero attached hydrogens (tertiary/aromatic N) is 5. The van der Waals surface area contributed by atoms with Crippen molar-refractivity contribution in [3.8, 4) is 0 Å². The molecule has 4 fully saturated rings. The number of hydrogen-bond acceptors (Lipinski definition) is 4. The van der Waals surface area contributed by atoms with Gasteiger partial charge in [0.2, 0.25) is 5.91 Å². The van der Waals surface area contributed by atoms with E-state index in [1.54, 1.807) is 6.33 Å². The smallest absolute Gasteiger partial charge is 0.228 e. The Balaban J connectivity index is 1.44. The van der Waals surface area contributed by atoms with Gasteiger partial charge in [-0.2, -0.15) is 10.2 Å². The molecular formula is C19H26N6O. The van der Waals surface area contributed by atoms with E-state index in [9.17, 15) is 4.79 Å². The van der Waals surface area contributed by atoms with Crippen molar-refractivity contribution in [2.45, 2.75) is 57.5 Å². The van der Waals surface area contributed by atoms with Gasteiger partial charge in [0, 0.05) is 24.8 Å². The quantitative estimate of drug-likeness (QED) is 0.913. The monoisotopic (exact) mass is 354 g/mol. The number of carbonyl (C=O) groups is 1. The molecule has 2 heterocycles. The summed E-state index contributed by atoms with van der Waals surface area (Å²) in [6.45, 7) is 2.62. The standard InChI is InChI=1S/C19H26N6O/c1-13-16(8-21-23-13)9-24(2)17(26)18-4-14-3-15(5-18)7-19(6-14,10-18)25-12-20-11-22-25/h8,11-12,14-15H,3-7,9-10H2,1-2H3,(H,21,23). The SMILES string of the molecule is Cc1[nH]ncc1CN(C)C(=O)C12CC3CC(C1)CC(n1cncn1)(C3)C2. The first-order valence-electron chi connectivity index (χ1n) is 9.59. The minimum atomic E-state index is -0.234. The summed E-state index contributed by atoms with van der Waals surface area (Å²) in [5, 5.41) is 11.5. The van der Waals surface area contributed by atoms with Crippen LogP contribution in [0.2, 0.25) is 0 Å². The predicted molar refractivity (Wildman–Crippen MR) is 94.9 cm³/mol. The minimum absolute atomic E-state index is 0.0113. The van der Waals surface area contributed by atoms with E-state index in [1.807, 2.05) is 31.4 Å². The molecule has 4 bridgehead atoms. The zero-order valence-corrected chi connectivity index (χ0v) is 15.5. The van der Waals surface area contributed by atoms with Crippen molar-refractivity contribution in [1.29, 1.82) is 0 Å². The molecule has 4 aliphatic rings. The van der Waals surface area contributed by atoms with Gasteiger partial charge < -0.3 is 4.90 Å². The second-order valence-corrected chi connectivity index (χ2v) is 8.99. The van der Waals surface area contributed by atoms with Gasteiger partial charge in [0.1, 0.15) is 12.7 Å². The number of carbonyl (C=O) groups excluding carboxylic acids is 1. The van der Waals surface area contributed by atoms with Crippen LogP contribution in [-0.2, 0) is 16.9 Å². The second-order valence-electron chi connectivity index (χ2n) is 8.99. The van der Waals surface area contributed by atoms with Gasteiger partial charge in [-0.25, -0.2) is 9.67 Å². The van der Waals surface area contributed by atoms with Crippen LogP contribution < -0.4 is 0 Å². The summed E-state index contributed by atoms with van der Waals surface area (Å²) in [4.78, 5) is 19.7. The first-order valence-corrected chi connectivity index (χ1v) is 9.59. The van der Waals surface area contributed by atoms with Crippen molar-refractivity contribution in [3.63, 3.8) is 0 Å². The van der Waals surface area contributed by atoms with Gasteiger partial charge in [-0.05, 0) is 57.3 Å². The maximum atomic E-state index is 13.6. The molecular weight excluding hydrogens is 328 g/mol. The fraction of sp³-hybridized carbons (Fsp3) is 0.684. The highest BCUT2D eigenvalue weighted by molar-refractivity contribution is 5.83. The van der Waals surface area contributed by atoms with Crippen LogP contribution >= 0.6 is 0 Å². The molecule has 4 saturated carbocycles. The summed E-state index contributed by atoms with van der Waals surface area (Å²) >= 11 is 0. The van der Waals surface area contributed by atoms with Crippen LogP contribution in [0.4, 0.5) is 0 Å². The van der Waals surface area contributed by atoms with Gasteiger partial charge in [-0.3, -0.25) is 9.89 Å². The van der Waals surface area contributed by atoms with E-state index in [-0.39, 0.29) is 11.0 Å². The van der Waals surface area contributed by atoms with Crippen LogP contribution in [0.5, 0.6) is 0 Å². The zero-order valence-electron chi connectivity index (χ0n) is 15.5. The number of rotatable bonds is 4. The predicted octanol–water partition coefficient (Wildman–Crippen LogP) is 2.26. The molecule has 138 valence electrons. The van der Waals surface area contributed by atoms with E-state index in [1.165, 1.54) is 6.42 Å². The van der Waals surface area contributed by atoms with Gasteiger partial charge in [0.25, 0.3) is 0 Å². The van der Waals surface area contributed by atoms with Crippen molar-refractivity contribution in [3.05, 3.63) is 30.1 Å². The number of aryl methyl sites for hydroxylation is 1. The number of H-pyrrole nitrogens is 1. The Hall–Kier alpha value is -2.18. The Bertz CT molecular complexity index is 811. The Morgan fingerprint density at radius 2 is 2.12 bits per heavy atom. The first-order chi connectivity index (χ1) is 12.5. The topological polar surface area (TPSA) is 79.7 Å². The lowest BCUT2D eigenvalue weighted by Gasteiger charge is -2.61. The molecule has 2 atom stereocenters. The van der Waals surface area contributed by atoms with Gasteiger partial charge >= 0.3 is 0 Å². The highest BCUT2D eigenvalue weighted by Gasteiger charge is 2.62. The van der Waals surface area contributed by atoms with Crippen molar-refractivity contribution < 1.29 is 4.79 Å². The van der Waals surface area contributed by atoms with E-state index in [4.69, 9.17) is 0 Å². The highest BCUT2D eigenvalue weighted by atomic mass is 16.2. The summed E-state index contributed by atoms with van der Waals surface area (Å²) in [5.74, 6) is 1.57. The molecule has 0 saturated heterocycles. The third-order valence-electron chi connectivity index (χ3n) is 7.08. The highest BCUT2D eigenvalue weighted by Crippen LogP contribution is 2.64. The fourth-order valence-electron chi connectivity index (χ4n) is 6.45. The van der Waals surface area contributed by atoms with E-state index >= 15 is 0 Å². The molecule has 2 unspecified atom stereocenters. The number of nitrogens with one attached hydrogen (secondary N) is 1. The number of aromatic nitrogens is 5. The molecule has 1 amide bonds. The minimum Gasteiger partial charge on any atom is -0.341 e. The molecule has 26 heavy (non-hydrogen) atoms. The van der Waals surface area contributed by atoms with Gasteiger partial charge in [-0.1, -0.05) is 0 Å². The summed E-state index contributed by atoms with van der Waals surface area (Å²) in [6.07, 6.45) is 11.8. The normalized spacial score (nSPS) is 35.0. The summed E-state index contributed by atoms with van der Waals surface area (Å²) in [7, 11) is 1.94. The first kappa shape index (κ1) is 16.0. The van der Waals surface area contributed by atoms with E-state index < -0.39 is 0 Å². The van der Waals surface area contributed by atoms with Crippen molar-refractivity contribution in [2.75, 3.05) is 7.05 Å². The zero-order chi connectivity index (χ0) is 17.9. The molecule has 2 aromatic heterocycles. The van der Waals surface area contributed by atoms with Crippen LogP contribution in [0.1, 0.15) is 49.8 Å². The molecule has 0 aliphatic heterocycles. The second kappa shape index (κ2) is 5.41. The van der Waals surface area contributed by atoms with E-state index in [0.29, 0.717) is 24.3 Å². The maximum Gasteiger partial charge on any atom is 0.228 e. The maximum absolute atomic E-state index is 13.6. The molecule has 7 heteroatoms. The lowest BCUT2D eigenvalue weighted by Crippen LogP contribution is -2.61. The molecule has 4 aliphatic carbocycles. The lowest BCUT2D eigenvalue weighted by atomic mass is 9.46. The third kappa shape index (κ3) is 2.25. The van der Waals surface area contributed by atoms with Crippen molar-refractivity contribution in [2.24, 2.45) is 17.3 Å². The van der Waals surface area contributed by atoms with Gasteiger partial charge in [0.15, 0.2) is 0 Å². The Kier molecular flexibility index (Phi) is 3.33. The molecule has 0 spiro atoms. The van der Waals surface area contributed by atoms with Crippen LogP contribution in [-0.4, -0.2) is 42.8 Å². The van der Waals surface area contributed by atoms with E-state index in [0.717, 1.165) is 43.4 Å². The Labute approximate surface area is 153 Å². The Morgan fingerprint density at radius 3 is 2.73 bits per heavy atom. The van der Waals surface area contributed by atoms with Crippen LogP contribution in [0, 0.1) is 24.2 Å². The van der Waals surface area contributed by atoms with Crippen LogP contribution in [0.3, 0.4) is 0 Å².